The first kappa shape index (κ1) is 16.1. The van der Waals surface area contributed by atoms with Gasteiger partial charge in [-0.3, -0.25) is 4.79 Å². The zero-order valence-electron chi connectivity index (χ0n) is 13.4. The maximum atomic E-state index is 12.0. The predicted molar refractivity (Wildman–Crippen MR) is 97.7 cm³/mol. The molecule has 0 bridgehead atoms. The van der Waals surface area contributed by atoms with Gasteiger partial charge in [0.15, 0.2) is 0 Å². The Kier molecular flexibility index (Phi) is 4.58. The standard InChI is InChI=1S/C19H16ClN3O/c1-12-4-3-5-15(8-12)19(24)23-21-11-16-10-14-7-6-13(2)9-17(14)22-18(16)20/h3-11H,1-2H3,(H,23,24). The molecule has 4 nitrogen and oxygen atoms in total. The van der Waals surface area contributed by atoms with Gasteiger partial charge in [0.05, 0.1) is 11.7 Å². The van der Waals surface area contributed by atoms with Crippen LogP contribution in [0, 0.1) is 13.8 Å². The van der Waals surface area contributed by atoms with Crippen LogP contribution in [0.2, 0.25) is 5.15 Å². The lowest BCUT2D eigenvalue weighted by Gasteiger charge is -2.04. The number of hydrazone groups is 1. The fourth-order valence-electron chi connectivity index (χ4n) is 2.37. The van der Waals surface area contributed by atoms with Gasteiger partial charge in [0, 0.05) is 16.5 Å². The Labute approximate surface area is 145 Å². The Hall–Kier alpha value is -2.72. The first-order valence-electron chi connectivity index (χ1n) is 7.50. The smallest absolute Gasteiger partial charge is 0.267 e. The number of halogens is 1. The molecule has 0 spiro atoms. The molecule has 0 atom stereocenters. The summed E-state index contributed by atoms with van der Waals surface area (Å²) in [6.07, 6.45) is 1.50. The summed E-state index contributed by atoms with van der Waals surface area (Å²) >= 11 is 6.19. The van der Waals surface area contributed by atoms with Crippen LogP contribution in [-0.4, -0.2) is 17.1 Å². The molecule has 1 N–H and O–H groups in total. The third-order valence-corrected chi connectivity index (χ3v) is 3.91. The summed E-state index contributed by atoms with van der Waals surface area (Å²) in [5, 5.41) is 5.30. The van der Waals surface area contributed by atoms with Gasteiger partial charge in [0.25, 0.3) is 5.91 Å². The lowest BCUT2D eigenvalue weighted by atomic mass is 10.1. The van der Waals surface area contributed by atoms with Crippen LogP contribution in [0.1, 0.15) is 27.0 Å². The van der Waals surface area contributed by atoms with E-state index in [1.54, 1.807) is 12.1 Å². The molecule has 5 heteroatoms. The predicted octanol–water partition coefficient (Wildman–Crippen LogP) is 4.27. The normalized spacial score (nSPS) is 11.1. The second kappa shape index (κ2) is 6.81. The number of aryl methyl sites for hydroxylation is 2. The van der Waals surface area contributed by atoms with Gasteiger partial charge in [0.2, 0.25) is 0 Å². The molecule has 1 amide bonds. The van der Waals surface area contributed by atoms with Gasteiger partial charge in [-0.25, -0.2) is 10.4 Å². The summed E-state index contributed by atoms with van der Waals surface area (Å²) in [6.45, 7) is 3.94. The van der Waals surface area contributed by atoms with E-state index in [4.69, 9.17) is 11.6 Å². The highest BCUT2D eigenvalue weighted by Gasteiger charge is 2.05. The van der Waals surface area contributed by atoms with E-state index in [1.807, 2.05) is 50.2 Å². The molecule has 0 saturated heterocycles. The number of hydrogen-bond donors (Lipinski definition) is 1. The molecule has 24 heavy (non-hydrogen) atoms. The van der Waals surface area contributed by atoms with E-state index in [1.165, 1.54) is 6.21 Å². The van der Waals surface area contributed by atoms with Crippen molar-refractivity contribution in [2.24, 2.45) is 5.10 Å². The molecule has 0 saturated carbocycles. The molecule has 1 heterocycles. The molecule has 0 aliphatic heterocycles. The third-order valence-electron chi connectivity index (χ3n) is 3.60. The number of aromatic nitrogens is 1. The summed E-state index contributed by atoms with van der Waals surface area (Å²) in [6, 6.07) is 15.2. The lowest BCUT2D eigenvalue weighted by Crippen LogP contribution is -2.17. The SMILES string of the molecule is Cc1cccc(C(=O)NN=Cc2cc3ccc(C)cc3nc2Cl)c1. The fraction of sp³-hybridized carbons (Fsp3) is 0.105. The molecule has 0 aliphatic rings. The van der Waals surface area contributed by atoms with Crippen molar-refractivity contribution in [3.63, 3.8) is 0 Å². The number of hydrogen-bond acceptors (Lipinski definition) is 3. The Bertz CT molecular complexity index is 950. The van der Waals surface area contributed by atoms with Crippen LogP contribution in [0.5, 0.6) is 0 Å². The van der Waals surface area contributed by atoms with Gasteiger partial charge in [-0.1, -0.05) is 41.4 Å². The van der Waals surface area contributed by atoms with Crippen LogP contribution in [0.4, 0.5) is 0 Å². The van der Waals surface area contributed by atoms with Gasteiger partial charge in [-0.2, -0.15) is 5.10 Å². The first-order valence-corrected chi connectivity index (χ1v) is 7.88. The van der Waals surface area contributed by atoms with Crippen molar-refractivity contribution in [1.82, 2.24) is 10.4 Å². The highest BCUT2D eigenvalue weighted by molar-refractivity contribution is 6.32. The maximum Gasteiger partial charge on any atom is 0.271 e. The van der Waals surface area contributed by atoms with Crippen LogP contribution < -0.4 is 5.43 Å². The number of carbonyl (C=O) groups is 1. The molecule has 0 unspecified atom stereocenters. The van der Waals surface area contributed by atoms with E-state index in [-0.39, 0.29) is 5.91 Å². The monoisotopic (exact) mass is 337 g/mol. The van der Waals surface area contributed by atoms with Crippen molar-refractivity contribution < 1.29 is 4.79 Å². The molecule has 1 aromatic heterocycles. The van der Waals surface area contributed by atoms with E-state index in [0.29, 0.717) is 16.3 Å². The summed E-state index contributed by atoms with van der Waals surface area (Å²) in [7, 11) is 0. The largest absolute Gasteiger partial charge is 0.271 e. The number of benzene rings is 2. The van der Waals surface area contributed by atoms with Gasteiger partial charge in [0.1, 0.15) is 5.15 Å². The number of pyridine rings is 1. The van der Waals surface area contributed by atoms with Crippen LogP contribution in [0.3, 0.4) is 0 Å². The summed E-state index contributed by atoms with van der Waals surface area (Å²) in [5.74, 6) is -0.268. The van der Waals surface area contributed by atoms with E-state index in [2.05, 4.69) is 15.5 Å². The number of amides is 1. The highest BCUT2D eigenvalue weighted by Crippen LogP contribution is 2.20. The Morgan fingerprint density at radius 2 is 1.92 bits per heavy atom. The van der Waals surface area contributed by atoms with Crippen molar-refractivity contribution in [2.45, 2.75) is 13.8 Å². The minimum Gasteiger partial charge on any atom is -0.267 e. The number of nitrogens with zero attached hydrogens (tertiary/aromatic N) is 2. The fourth-order valence-corrected chi connectivity index (χ4v) is 2.57. The topological polar surface area (TPSA) is 54.4 Å². The zero-order valence-corrected chi connectivity index (χ0v) is 14.1. The molecule has 120 valence electrons. The van der Waals surface area contributed by atoms with Gasteiger partial charge in [-0.05, 0) is 43.7 Å². The molecular formula is C19H16ClN3O. The Balaban J connectivity index is 1.79. The minimum atomic E-state index is -0.268. The first-order chi connectivity index (χ1) is 11.5. The maximum absolute atomic E-state index is 12.0. The van der Waals surface area contributed by atoms with Crippen molar-refractivity contribution in [1.29, 1.82) is 0 Å². The molecule has 0 radical (unpaired) electrons. The Morgan fingerprint density at radius 3 is 2.71 bits per heavy atom. The summed E-state index contributed by atoms with van der Waals surface area (Å²) in [4.78, 5) is 16.4. The molecular weight excluding hydrogens is 322 g/mol. The van der Waals surface area contributed by atoms with Crippen molar-refractivity contribution in [2.75, 3.05) is 0 Å². The second-order valence-electron chi connectivity index (χ2n) is 5.63. The Morgan fingerprint density at radius 1 is 1.12 bits per heavy atom. The molecule has 3 aromatic rings. The summed E-state index contributed by atoms with van der Waals surface area (Å²) in [5.41, 5.74) is 6.69. The molecule has 0 aliphatic carbocycles. The zero-order chi connectivity index (χ0) is 17.1. The van der Waals surface area contributed by atoms with E-state index < -0.39 is 0 Å². The number of carbonyl (C=O) groups excluding carboxylic acids is 1. The van der Waals surface area contributed by atoms with Gasteiger partial charge in [-0.15, -0.1) is 0 Å². The highest BCUT2D eigenvalue weighted by atomic mass is 35.5. The van der Waals surface area contributed by atoms with Crippen molar-refractivity contribution in [3.8, 4) is 0 Å². The van der Waals surface area contributed by atoms with Gasteiger partial charge < -0.3 is 0 Å². The average molecular weight is 338 g/mol. The van der Waals surface area contributed by atoms with Crippen LogP contribution in [-0.2, 0) is 0 Å². The van der Waals surface area contributed by atoms with Crippen LogP contribution in [0.25, 0.3) is 10.9 Å². The van der Waals surface area contributed by atoms with E-state index in [0.717, 1.165) is 22.0 Å². The quantitative estimate of drug-likeness (QED) is 0.441. The van der Waals surface area contributed by atoms with Crippen LogP contribution in [0.15, 0.2) is 53.6 Å². The summed E-state index contributed by atoms with van der Waals surface area (Å²) < 4.78 is 0. The number of fused-ring (bicyclic) bond motifs is 1. The van der Waals surface area contributed by atoms with E-state index in [9.17, 15) is 4.79 Å². The van der Waals surface area contributed by atoms with Crippen molar-refractivity contribution >= 4 is 34.6 Å². The minimum absolute atomic E-state index is 0.268. The molecule has 0 fully saturated rings. The van der Waals surface area contributed by atoms with Gasteiger partial charge >= 0.3 is 0 Å². The van der Waals surface area contributed by atoms with Crippen molar-refractivity contribution in [3.05, 3.63) is 75.9 Å². The third kappa shape index (κ3) is 3.60. The number of nitrogens with one attached hydrogen (secondary N) is 1. The van der Waals surface area contributed by atoms with Crippen LogP contribution >= 0.6 is 11.6 Å². The molecule has 2 aromatic carbocycles. The van der Waals surface area contributed by atoms with E-state index >= 15 is 0 Å². The second-order valence-corrected chi connectivity index (χ2v) is 5.99. The average Bonchev–Trinajstić information content (AvgIpc) is 2.55. The number of rotatable bonds is 3. The lowest BCUT2D eigenvalue weighted by molar-refractivity contribution is 0.0955. The molecule has 3 rings (SSSR count).